The van der Waals surface area contributed by atoms with Crippen LogP contribution in [0.5, 0.6) is 0 Å². The Hall–Kier alpha value is -2.72. The lowest BCUT2D eigenvalue weighted by Crippen LogP contribution is -2.32. The Morgan fingerprint density at radius 3 is 2.00 bits per heavy atom. The fraction of sp³-hybridized carbons (Fsp3) is 0.304. The lowest BCUT2D eigenvalue weighted by atomic mass is 10.0. The first-order chi connectivity index (χ1) is 13.2. The van der Waals surface area contributed by atoms with Crippen LogP contribution in [0.4, 0.5) is 5.82 Å². The molecule has 27 heavy (non-hydrogen) atoms. The van der Waals surface area contributed by atoms with Crippen molar-refractivity contribution in [1.82, 2.24) is 9.97 Å². The van der Waals surface area contributed by atoms with Crippen LogP contribution >= 0.6 is 0 Å². The number of rotatable bonds is 8. The third kappa shape index (κ3) is 4.72. The summed E-state index contributed by atoms with van der Waals surface area (Å²) in [6.45, 7) is 5.40. The second kappa shape index (κ2) is 9.28. The summed E-state index contributed by atoms with van der Waals surface area (Å²) in [5, 5.41) is 9.10. The molecule has 0 saturated heterocycles. The molecule has 1 N–H and O–H groups in total. The van der Waals surface area contributed by atoms with Crippen molar-refractivity contribution in [2.24, 2.45) is 0 Å². The summed E-state index contributed by atoms with van der Waals surface area (Å²) in [5.41, 5.74) is 3.91. The predicted molar refractivity (Wildman–Crippen MR) is 112 cm³/mol. The molecule has 0 fully saturated rings. The summed E-state index contributed by atoms with van der Waals surface area (Å²) in [6.07, 6.45) is 3.59. The first-order valence-electron chi connectivity index (χ1n) is 9.56. The van der Waals surface area contributed by atoms with Gasteiger partial charge in [-0.1, -0.05) is 60.7 Å². The number of aliphatic hydroxyl groups excluding tert-OH is 1. The maximum Gasteiger partial charge on any atom is 0.148 e. The molecule has 1 aromatic heterocycles. The summed E-state index contributed by atoms with van der Waals surface area (Å²) in [7, 11) is 0. The van der Waals surface area contributed by atoms with Gasteiger partial charge >= 0.3 is 0 Å². The van der Waals surface area contributed by atoms with Crippen molar-refractivity contribution in [3.8, 4) is 22.5 Å². The van der Waals surface area contributed by atoms with Crippen LogP contribution in [-0.4, -0.2) is 34.3 Å². The molecule has 0 saturated carbocycles. The lowest BCUT2D eigenvalue weighted by molar-refractivity contribution is 0.284. The van der Waals surface area contributed by atoms with E-state index in [1.54, 1.807) is 0 Å². The van der Waals surface area contributed by atoms with Crippen molar-refractivity contribution in [3.63, 3.8) is 0 Å². The van der Waals surface area contributed by atoms with Gasteiger partial charge in [0.2, 0.25) is 0 Å². The van der Waals surface area contributed by atoms with Crippen LogP contribution in [0.1, 0.15) is 26.7 Å². The van der Waals surface area contributed by atoms with Gasteiger partial charge in [0.15, 0.2) is 0 Å². The van der Waals surface area contributed by atoms with Crippen LogP contribution in [0.25, 0.3) is 22.5 Å². The lowest BCUT2D eigenvalue weighted by Gasteiger charge is -2.28. The van der Waals surface area contributed by atoms with E-state index in [0.717, 1.165) is 47.7 Å². The maximum absolute atomic E-state index is 9.10. The molecule has 0 unspecified atom stereocenters. The van der Waals surface area contributed by atoms with Gasteiger partial charge in [0.25, 0.3) is 0 Å². The zero-order chi connectivity index (χ0) is 19.1. The molecule has 3 rings (SSSR count). The Balaban J connectivity index is 2.05. The van der Waals surface area contributed by atoms with Crippen molar-refractivity contribution < 1.29 is 5.11 Å². The van der Waals surface area contributed by atoms with E-state index in [4.69, 9.17) is 15.1 Å². The van der Waals surface area contributed by atoms with Gasteiger partial charge in [-0.3, -0.25) is 4.98 Å². The highest BCUT2D eigenvalue weighted by Crippen LogP contribution is 2.30. The topological polar surface area (TPSA) is 49.2 Å². The van der Waals surface area contributed by atoms with Gasteiger partial charge in [0.05, 0.1) is 17.6 Å². The van der Waals surface area contributed by atoms with Crippen LogP contribution in [0.3, 0.4) is 0 Å². The molecule has 2 aromatic carbocycles. The number of nitrogens with zero attached hydrogens (tertiary/aromatic N) is 3. The van der Waals surface area contributed by atoms with E-state index in [9.17, 15) is 0 Å². The van der Waals surface area contributed by atoms with Gasteiger partial charge in [-0.2, -0.15) is 0 Å². The third-order valence-corrected chi connectivity index (χ3v) is 4.58. The summed E-state index contributed by atoms with van der Waals surface area (Å²) >= 11 is 0. The van der Waals surface area contributed by atoms with Crippen LogP contribution < -0.4 is 4.90 Å². The van der Waals surface area contributed by atoms with Gasteiger partial charge in [0, 0.05) is 30.3 Å². The molecular formula is C23H27N3O. The molecule has 0 atom stereocenters. The SMILES string of the molecule is CC(C)N(CCCCO)c1cnc(-c2ccccc2)c(-c2ccccc2)n1. The van der Waals surface area contributed by atoms with E-state index in [1.807, 2.05) is 42.6 Å². The molecule has 0 spiro atoms. The Bertz CT molecular complexity index is 835. The first-order valence-corrected chi connectivity index (χ1v) is 9.56. The molecule has 1 heterocycles. The molecule has 0 radical (unpaired) electrons. The van der Waals surface area contributed by atoms with E-state index >= 15 is 0 Å². The molecule has 0 aliphatic heterocycles. The molecule has 4 nitrogen and oxygen atoms in total. The Morgan fingerprint density at radius 1 is 0.852 bits per heavy atom. The van der Waals surface area contributed by atoms with E-state index < -0.39 is 0 Å². The van der Waals surface area contributed by atoms with Gasteiger partial charge in [-0.15, -0.1) is 0 Å². The predicted octanol–water partition coefficient (Wildman–Crippen LogP) is 4.80. The summed E-state index contributed by atoms with van der Waals surface area (Å²) < 4.78 is 0. The number of hydrogen-bond donors (Lipinski definition) is 1. The van der Waals surface area contributed by atoms with E-state index in [2.05, 4.69) is 43.0 Å². The highest BCUT2D eigenvalue weighted by molar-refractivity contribution is 5.78. The molecule has 140 valence electrons. The quantitative estimate of drug-likeness (QED) is 0.586. The molecule has 3 aromatic rings. The first kappa shape index (κ1) is 19.1. The molecule has 0 aliphatic carbocycles. The van der Waals surface area contributed by atoms with E-state index in [0.29, 0.717) is 6.04 Å². The minimum atomic E-state index is 0.222. The van der Waals surface area contributed by atoms with Crippen LogP contribution in [-0.2, 0) is 0 Å². The minimum Gasteiger partial charge on any atom is -0.396 e. The number of aliphatic hydroxyl groups is 1. The minimum absolute atomic E-state index is 0.222. The number of aromatic nitrogens is 2. The van der Waals surface area contributed by atoms with Crippen molar-refractivity contribution in [1.29, 1.82) is 0 Å². The zero-order valence-corrected chi connectivity index (χ0v) is 16.0. The van der Waals surface area contributed by atoms with Crippen molar-refractivity contribution in [2.45, 2.75) is 32.7 Å². The van der Waals surface area contributed by atoms with Gasteiger partial charge in [-0.25, -0.2) is 4.98 Å². The normalized spacial score (nSPS) is 11.0. The average Bonchev–Trinajstić information content (AvgIpc) is 2.72. The zero-order valence-electron chi connectivity index (χ0n) is 16.0. The van der Waals surface area contributed by atoms with Gasteiger partial charge in [0.1, 0.15) is 5.82 Å². The highest BCUT2D eigenvalue weighted by atomic mass is 16.2. The van der Waals surface area contributed by atoms with Crippen molar-refractivity contribution in [2.75, 3.05) is 18.1 Å². The molecular weight excluding hydrogens is 334 g/mol. The summed E-state index contributed by atoms with van der Waals surface area (Å²) in [6, 6.07) is 20.7. The number of unbranched alkanes of at least 4 members (excludes halogenated alkanes) is 1. The average molecular weight is 361 g/mol. The fourth-order valence-corrected chi connectivity index (χ4v) is 3.15. The maximum atomic E-state index is 9.10. The van der Waals surface area contributed by atoms with E-state index in [1.165, 1.54) is 0 Å². The number of benzene rings is 2. The number of anilines is 1. The van der Waals surface area contributed by atoms with Crippen LogP contribution in [0, 0.1) is 0 Å². The second-order valence-electron chi connectivity index (χ2n) is 6.88. The summed E-state index contributed by atoms with van der Waals surface area (Å²) in [4.78, 5) is 12.1. The second-order valence-corrected chi connectivity index (χ2v) is 6.88. The van der Waals surface area contributed by atoms with Crippen LogP contribution in [0.15, 0.2) is 66.9 Å². The molecule has 4 heteroatoms. The Labute approximate surface area is 161 Å². The molecule has 0 amide bonds. The Morgan fingerprint density at radius 2 is 1.44 bits per heavy atom. The molecule has 0 bridgehead atoms. The smallest absolute Gasteiger partial charge is 0.148 e. The highest BCUT2D eigenvalue weighted by Gasteiger charge is 2.17. The van der Waals surface area contributed by atoms with Gasteiger partial charge < -0.3 is 10.0 Å². The Kier molecular flexibility index (Phi) is 6.55. The molecule has 0 aliphatic rings. The monoisotopic (exact) mass is 361 g/mol. The van der Waals surface area contributed by atoms with Crippen LogP contribution in [0.2, 0.25) is 0 Å². The van der Waals surface area contributed by atoms with Crippen molar-refractivity contribution in [3.05, 3.63) is 66.9 Å². The number of hydrogen-bond acceptors (Lipinski definition) is 4. The third-order valence-electron chi connectivity index (χ3n) is 4.58. The van der Waals surface area contributed by atoms with Crippen molar-refractivity contribution >= 4 is 5.82 Å². The largest absolute Gasteiger partial charge is 0.396 e. The fourth-order valence-electron chi connectivity index (χ4n) is 3.15. The standard InChI is InChI=1S/C23H27N3O/c1-18(2)26(15-9-10-16-27)21-17-24-22(19-11-5-3-6-12-19)23(25-21)20-13-7-4-8-14-20/h3-8,11-14,17-18,27H,9-10,15-16H2,1-2H3. The van der Waals surface area contributed by atoms with Gasteiger partial charge in [-0.05, 0) is 26.7 Å². The summed E-state index contributed by atoms with van der Waals surface area (Å²) in [5.74, 6) is 0.876. The van der Waals surface area contributed by atoms with E-state index in [-0.39, 0.29) is 6.61 Å².